The molecule has 29 heavy (non-hydrogen) atoms. The molecule has 3 aromatic rings. The molecule has 1 atom stereocenters. The Labute approximate surface area is 170 Å². The summed E-state index contributed by atoms with van der Waals surface area (Å²) < 4.78 is 32.3. The van der Waals surface area contributed by atoms with Gasteiger partial charge in [-0.1, -0.05) is 48.6 Å². The predicted octanol–water partition coefficient (Wildman–Crippen LogP) is 3.62. The summed E-state index contributed by atoms with van der Waals surface area (Å²) in [6.45, 7) is 3.58. The molecule has 0 aliphatic carbocycles. The number of fused-ring (bicyclic) bond motifs is 1. The fourth-order valence-electron chi connectivity index (χ4n) is 3.23. The van der Waals surface area contributed by atoms with E-state index in [0.717, 1.165) is 22.1 Å². The highest BCUT2D eigenvalue weighted by molar-refractivity contribution is 7.90. The number of rotatable bonds is 7. The van der Waals surface area contributed by atoms with Gasteiger partial charge in [0.15, 0.2) is 0 Å². The summed E-state index contributed by atoms with van der Waals surface area (Å²) in [5, 5.41) is 0.742. The van der Waals surface area contributed by atoms with Gasteiger partial charge < -0.3 is 10.5 Å². The highest BCUT2D eigenvalue weighted by Gasteiger charge is 2.18. The van der Waals surface area contributed by atoms with Crippen molar-refractivity contribution in [1.29, 1.82) is 0 Å². The standard InChI is InChI=1S/C22H24N2O4S/c1-16(28-17(2)25)20-6-3-7-22-21(20)12-13-24(22)29(26,27)14-4-5-18-8-10-19(15-23)11-9-18/h3-13,16H,14-15,23H2,1-2H3. The Morgan fingerprint density at radius 2 is 1.90 bits per heavy atom. The lowest BCUT2D eigenvalue weighted by atomic mass is 10.1. The van der Waals surface area contributed by atoms with E-state index in [0.29, 0.717) is 12.1 Å². The topological polar surface area (TPSA) is 91.4 Å². The molecular formula is C22H24N2O4S. The Kier molecular flexibility index (Phi) is 6.20. The third-order valence-electron chi connectivity index (χ3n) is 4.64. The summed E-state index contributed by atoms with van der Waals surface area (Å²) in [4.78, 5) is 11.3. The van der Waals surface area contributed by atoms with Crippen LogP contribution < -0.4 is 5.73 Å². The highest BCUT2D eigenvalue weighted by Crippen LogP contribution is 2.28. The Hall–Kier alpha value is -2.90. The Morgan fingerprint density at radius 3 is 2.55 bits per heavy atom. The third kappa shape index (κ3) is 4.75. The predicted molar refractivity (Wildman–Crippen MR) is 115 cm³/mol. The van der Waals surface area contributed by atoms with E-state index in [2.05, 4.69) is 0 Å². The smallest absolute Gasteiger partial charge is 0.303 e. The molecule has 1 aromatic heterocycles. The summed E-state index contributed by atoms with van der Waals surface area (Å²) in [6.07, 6.45) is 4.47. The zero-order valence-corrected chi connectivity index (χ0v) is 17.2. The van der Waals surface area contributed by atoms with Crippen LogP contribution in [-0.4, -0.2) is 24.1 Å². The zero-order chi connectivity index (χ0) is 21.0. The van der Waals surface area contributed by atoms with E-state index >= 15 is 0 Å². The minimum atomic E-state index is -3.59. The molecule has 0 saturated carbocycles. The number of carbonyl (C=O) groups is 1. The van der Waals surface area contributed by atoms with Crippen LogP contribution in [0.4, 0.5) is 0 Å². The van der Waals surface area contributed by atoms with Crippen LogP contribution in [0.2, 0.25) is 0 Å². The second-order valence-corrected chi connectivity index (χ2v) is 8.66. The van der Waals surface area contributed by atoms with E-state index in [1.54, 1.807) is 37.3 Å². The molecule has 1 heterocycles. The molecule has 0 amide bonds. The summed E-state index contributed by atoms with van der Waals surface area (Å²) in [6, 6.07) is 14.7. The van der Waals surface area contributed by atoms with Gasteiger partial charge in [-0.2, -0.15) is 0 Å². The molecule has 2 aromatic carbocycles. The largest absolute Gasteiger partial charge is 0.458 e. The van der Waals surface area contributed by atoms with E-state index in [-0.39, 0.29) is 11.7 Å². The van der Waals surface area contributed by atoms with Crippen LogP contribution in [0.1, 0.15) is 36.6 Å². The van der Waals surface area contributed by atoms with Gasteiger partial charge in [-0.25, -0.2) is 12.4 Å². The molecule has 6 nitrogen and oxygen atoms in total. The SMILES string of the molecule is CC(=O)OC(C)c1cccc2c1ccn2S(=O)(=O)CC=Cc1ccc(CN)cc1. The Morgan fingerprint density at radius 1 is 1.17 bits per heavy atom. The lowest BCUT2D eigenvalue weighted by Crippen LogP contribution is -2.14. The molecule has 152 valence electrons. The molecule has 0 bridgehead atoms. The minimum absolute atomic E-state index is 0.140. The van der Waals surface area contributed by atoms with Crippen molar-refractivity contribution in [3.05, 3.63) is 77.5 Å². The van der Waals surface area contributed by atoms with Gasteiger partial charge in [0.1, 0.15) is 6.10 Å². The second kappa shape index (κ2) is 8.63. The van der Waals surface area contributed by atoms with Gasteiger partial charge in [-0.15, -0.1) is 0 Å². The molecule has 0 spiro atoms. The number of nitrogens with two attached hydrogens (primary N) is 1. The van der Waals surface area contributed by atoms with Gasteiger partial charge in [0.25, 0.3) is 0 Å². The van der Waals surface area contributed by atoms with E-state index in [9.17, 15) is 13.2 Å². The van der Waals surface area contributed by atoms with Crippen LogP contribution in [0, 0.1) is 0 Å². The number of benzene rings is 2. The number of esters is 1. The van der Waals surface area contributed by atoms with Crippen LogP contribution >= 0.6 is 0 Å². The lowest BCUT2D eigenvalue weighted by Gasteiger charge is -2.14. The lowest BCUT2D eigenvalue weighted by molar-refractivity contribution is -0.145. The van der Waals surface area contributed by atoms with Gasteiger partial charge in [-0.3, -0.25) is 4.79 Å². The van der Waals surface area contributed by atoms with Gasteiger partial charge in [0, 0.05) is 30.6 Å². The summed E-state index contributed by atoms with van der Waals surface area (Å²) in [5.41, 5.74) is 8.84. The van der Waals surface area contributed by atoms with Gasteiger partial charge in [-0.05, 0) is 30.2 Å². The summed E-state index contributed by atoms with van der Waals surface area (Å²) in [5.74, 6) is -0.523. The Balaban J connectivity index is 1.85. The molecule has 0 fully saturated rings. The van der Waals surface area contributed by atoms with E-state index in [1.807, 2.05) is 30.3 Å². The van der Waals surface area contributed by atoms with Crippen molar-refractivity contribution < 1.29 is 17.9 Å². The number of nitrogens with zero attached hydrogens (tertiary/aromatic N) is 1. The van der Waals surface area contributed by atoms with Crippen LogP contribution in [0.3, 0.4) is 0 Å². The van der Waals surface area contributed by atoms with Crippen LogP contribution in [0.15, 0.2) is 60.8 Å². The average molecular weight is 413 g/mol. The monoisotopic (exact) mass is 412 g/mol. The van der Waals surface area contributed by atoms with Crippen LogP contribution in [0.25, 0.3) is 17.0 Å². The molecule has 2 N–H and O–H groups in total. The number of aromatic nitrogens is 1. The first-order valence-electron chi connectivity index (χ1n) is 9.28. The van der Waals surface area contributed by atoms with Crippen molar-refractivity contribution in [2.24, 2.45) is 5.73 Å². The third-order valence-corrected chi connectivity index (χ3v) is 6.18. The van der Waals surface area contributed by atoms with E-state index < -0.39 is 16.1 Å². The van der Waals surface area contributed by atoms with Crippen molar-refractivity contribution in [1.82, 2.24) is 3.97 Å². The minimum Gasteiger partial charge on any atom is -0.458 e. The number of carbonyl (C=O) groups excluding carboxylic acids is 1. The van der Waals surface area contributed by atoms with Crippen LogP contribution in [0.5, 0.6) is 0 Å². The van der Waals surface area contributed by atoms with Crippen molar-refractivity contribution >= 4 is 33.0 Å². The maximum absolute atomic E-state index is 12.9. The quantitative estimate of drug-likeness (QED) is 0.599. The van der Waals surface area contributed by atoms with Crippen molar-refractivity contribution in [3.8, 4) is 0 Å². The number of ether oxygens (including phenoxy) is 1. The molecule has 0 radical (unpaired) electrons. The first-order chi connectivity index (χ1) is 13.8. The van der Waals surface area contributed by atoms with E-state index in [4.69, 9.17) is 10.5 Å². The fourth-order valence-corrected chi connectivity index (χ4v) is 4.43. The molecule has 0 aliphatic heterocycles. The molecule has 0 saturated heterocycles. The number of hydrogen-bond donors (Lipinski definition) is 1. The Bertz CT molecular complexity index is 1150. The second-order valence-electron chi connectivity index (χ2n) is 6.77. The zero-order valence-electron chi connectivity index (χ0n) is 16.4. The number of hydrogen-bond acceptors (Lipinski definition) is 5. The van der Waals surface area contributed by atoms with Crippen molar-refractivity contribution in [3.63, 3.8) is 0 Å². The molecule has 0 aliphatic rings. The fraction of sp³-hybridized carbons (Fsp3) is 0.227. The molecular weight excluding hydrogens is 388 g/mol. The van der Waals surface area contributed by atoms with Gasteiger partial charge in [0.2, 0.25) is 10.0 Å². The molecule has 3 rings (SSSR count). The van der Waals surface area contributed by atoms with Crippen molar-refractivity contribution in [2.45, 2.75) is 26.5 Å². The first kappa shape index (κ1) is 20.8. The molecule has 1 unspecified atom stereocenters. The maximum Gasteiger partial charge on any atom is 0.303 e. The van der Waals surface area contributed by atoms with Gasteiger partial charge in [0.05, 0.1) is 11.3 Å². The van der Waals surface area contributed by atoms with E-state index in [1.165, 1.54) is 17.1 Å². The summed E-state index contributed by atoms with van der Waals surface area (Å²) >= 11 is 0. The highest BCUT2D eigenvalue weighted by atomic mass is 32.2. The first-order valence-corrected chi connectivity index (χ1v) is 10.9. The maximum atomic E-state index is 12.9. The normalized spacial score (nSPS) is 13.1. The summed E-state index contributed by atoms with van der Waals surface area (Å²) in [7, 11) is -3.59. The van der Waals surface area contributed by atoms with Gasteiger partial charge >= 0.3 is 5.97 Å². The average Bonchev–Trinajstić information content (AvgIpc) is 3.13. The van der Waals surface area contributed by atoms with Crippen LogP contribution in [-0.2, 0) is 26.1 Å². The molecule has 7 heteroatoms. The van der Waals surface area contributed by atoms with Crippen molar-refractivity contribution in [2.75, 3.05) is 5.75 Å².